The van der Waals surface area contributed by atoms with Crippen molar-refractivity contribution in [1.29, 1.82) is 0 Å². The maximum Gasteiger partial charge on any atom is 0.288 e. The Morgan fingerprint density at radius 3 is 2.63 bits per heavy atom. The first-order valence-electron chi connectivity index (χ1n) is 6.80. The molecule has 0 saturated carbocycles. The molecule has 1 aromatic carbocycles. The molecular weight excluding hydrogens is 264 g/mol. The van der Waals surface area contributed by atoms with Gasteiger partial charge in [-0.3, -0.25) is 10.1 Å². The van der Waals surface area contributed by atoms with E-state index in [1.807, 2.05) is 0 Å². The van der Waals surface area contributed by atoms with Crippen LogP contribution in [0.2, 0.25) is 5.02 Å². The molecule has 0 spiro atoms. The van der Waals surface area contributed by atoms with Gasteiger partial charge in [-0.1, -0.05) is 31.4 Å². The summed E-state index contributed by atoms with van der Waals surface area (Å²) >= 11 is 5.95. The molecule has 0 aromatic heterocycles. The van der Waals surface area contributed by atoms with Crippen molar-refractivity contribution in [3.63, 3.8) is 0 Å². The van der Waals surface area contributed by atoms with E-state index >= 15 is 0 Å². The van der Waals surface area contributed by atoms with Gasteiger partial charge < -0.3 is 4.90 Å². The third-order valence-corrected chi connectivity index (χ3v) is 4.11. The molecule has 104 valence electrons. The highest BCUT2D eigenvalue weighted by molar-refractivity contribution is 6.32. The fourth-order valence-electron chi connectivity index (χ4n) is 2.73. The van der Waals surface area contributed by atoms with Crippen LogP contribution in [0, 0.1) is 16.0 Å². The lowest BCUT2D eigenvalue weighted by atomic mass is 9.92. The Kier molecular flexibility index (Phi) is 4.64. The van der Waals surface area contributed by atoms with Crippen molar-refractivity contribution in [2.75, 3.05) is 18.0 Å². The molecule has 1 saturated heterocycles. The zero-order chi connectivity index (χ0) is 13.8. The van der Waals surface area contributed by atoms with Crippen LogP contribution in [0.1, 0.15) is 32.6 Å². The molecule has 1 aliphatic heterocycles. The topological polar surface area (TPSA) is 46.4 Å². The fourth-order valence-corrected chi connectivity index (χ4v) is 2.97. The maximum atomic E-state index is 10.7. The first-order chi connectivity index (χ1) is 9.11. The Balaban J connectivity index is 2.04. The van der Waals surface area contributed by atoms with Crippen molar-refractivity contribution in [2.24, 2.45) is 5.92 Å². The van der Waals surface area contributed by atoms with Crippen LogP contribution in [0.5, 0.6) is 0 Å². The van der Waals surface area contributed by atoms with Crippen molar-refractivity contribution in [2.45, 2.75) is 32.6 Å². The summed E-state index contributed by atoms with van der Waals surface area (Å²) in [6.07, 6.45) is 4.94. The molecule has 1 aromatic rings. The number of benzene rings is 1. The molecule has 5 heteroatoms. The molecular formula is C14H19ClN2O2. The van der Waals surface area contributed by atoms with Gasteiger partial charge >= 0.3 is 0 Å². The van der Waals surface area contributed by atoms with Gasteiger partial charge in [-0.05, 0) is 30.9 Å². The molecule has 0 N–H and O–H groups in total. The van der Waals surface area contributed by atoms with Gasteiger partial charge in [0.1, 0.15) is 5.02 Å². The van der Waals surface area contributed by atoms with Gasteiger partial charge in [-0.25, -0.2) is 0 Å². The third-order valence-electron chi connectivity index (χ3n) is 3.80. The van der Waals surface area contributed by atoms with Gasteiger partial charge in [-0.2, -0.15) is 0 Å². The fraction of sp³-hybridized carbons (Fsp3) is 0.571. The van der Waals surface area contributed by atoms with E-state index in [1.54, 1.807) is 12.1 Å². The van der Waals surface area contributed by atoms with Crippen LogP contribution in [0.3, 0.4) is 0 Å². The van der Waals surface area contributed by atoms with Crippen LogP contribution in [-0.2, 0) is 0 Å². The smallest absolute Gasteiger partial charge is 0.288 e. The van der Waals surface area contributed by atoms with Gasteiger partial charge in [0.05, 0.1) is 4.92 Å². The Morgan fingerprint density at radius 1 is 1.42 bits per heavy atom. The summed E-state index contributed by atoms with van der Waals surface area (Å²) in [6, 6.07) is 5.00. The molecule has 0 atom stereocenters. The van der Waals surface area contributed by atoms with Crippen LogP contribution >= 0.6 is 11.6 Å². The van der Waals surface area contributed by atoms with E-state index in [4.69, 9.17) is 11.6 Å². The van der Waals surface area contributed by atoms with Crippen molar-refractivity contribution >= 4 is 23.0 Å². The lowest BCUT2D eigenvalue weighted by molar-refractivity contribution is -0.384. The van der Waals surface area contributed by atoms with E-state index in [0.29, 0.717) is 0 Å². The average molecular weight is 283 g/mol. The maximum absolute atomic E-state index is 10.7. The molecule has 2 rings (SSSR count). The first-order valence-corrected chi connectivity index (χ1v) is 7.18. The van der Waals surface area contributed by atoms with E-state index in [1.165, 1.54) is 31.7 Å². The molecule has 1 heterocycles. The largest absolute Gasteiger partial charge is 0.371 e. The molecule has 4 nitrogen and oxygen atoms in total. The summed E-state index contributed by atoms with van der Waals surface area (Å²) < 4.78 is 0. The van der Waals surface area contributed by atoms with E-state index in [0.717, 1.165) is 24.7 Å². The van der Waals surface area contributed by atoms with Crippen molar-refractivity contribution in [3.05, 3.63) is 33.3 Å². The second-order valence-corrected chi connectivity index (χ2v) is 5.52. The van der Waals surface area contributed by atoms with Gasteiger partial charge in [-0.15, -0.1) is 0 Å². The number of nitro groups is 1. The van der Waals surface area contributed by atoms with E-state index < -0.39 is 4.92 Å². The van der Waals surface area contributed by atoms with E-state index in [-0.39, 0.29) is 10.7 Å². The monoisotopic (exact) mass is 282 g/mol. The second kappa shape index (κ2) is 6.24. The number of hydrogen-bond acceptors (Lipinski definition) is 3. The highest BCUT2D eigenvalue weighted by atomic mass is 35.5. The van der Waals surface area contributed by atoms with Gasteiger partial charge in [0, 0.05) is 24.8 Å². The first kappa shape index (κ1) is 14.1. The zero-order valence-corrected chi connectivity index (χ0v) is 11.9. The summed E-state index contributed by atoms with van der Waals surface area (Å²) in [5, 5.41) is 11.0. The molecule has 1 aliphatic rings. The normalized spacial score (nSPS) is 16.6. The Morgan fingerprint density at radius 2 is 2.11 bits per heavy atom. The molecule has 19 heavy (non-hydrogen) atoms. The minimum Gasteiger partial charge on any atom is -0.371 e. The Hall–Kier alpha value is -1.29. The quantitative estimate of drug-likeness (QED) is 0.612. The number of hydrogen-bond donors (Lipinski definition) is 0. The lowest BCUT2D eigenvalue weighted by Crippen LogP contribution is -2.33. The highest BCUT2D eigenvalue weighted by Gasteiger charge is 2.20. The summed E-state index contributed by atoms with van der Waals surface area (Å²) in [5.41, 5.74) is 0.969. The summed E-state index contributed by atoms with van der Waals surface area (Å²) in [4.78, 5) is 12.6. The zero-order valence-electron chi connectivity index (χ0n) is 11.1. The lowest BCUT2D eigenvalue weighted by Gasteiger charge is -2.33. The Labute approximate surface area is 118 Å². The highest BCUT2D eigenvalue weighted by Crippen LogP contribution is 2.31. The van der Waals surface area contributed by atoms with Gasteiger partial charge in [0.15, 0.2) is 0 Å². The van der Waals surface area contributed by atoms with Gasteiger partial charge in [0.25, 0.3) is 5.69 Å². The number of rotatable bonds is 4. The Bertz CT molecular complexity index is 457. The summed E-state index contributed by atoms with van der Waals surface area (Å²) in [5.74, 6) is 0.828. The van der Waals surface area contributed by atoms with Crippen LogP contribution in [-0.4, -0.2) is 18.0 Å². The SMILES string of the molecule is CCCC1CCN(c2ccc([N+](=O)[O-])c(Cl)c2)CC1. The van der Waals surface area contributed by atoms with Crippen LogP contribution in [0.15, 0.2) is 18.2 Å². The van der Waals surface area contributed by atoms with Crippen molar-refractivity contribution in [3.8, 4) is 0 Å². The summed E-state index contributed by atoms with van der Waals surface area (Å²) in [7, 11) is 0. The summed E-state index contributed by atoms with van der Waals surface area (Å²) in [6.45, 7) is 4.25. The molecule has 0 aliphatic carbocycles. The van der Waals surface area contributed by atoms with Crippen molar-refractivity contribution < 1.29 is 4.92 Å². The minimum absolute atomic E-state index is 0.0220. The van der Waals surface area contributed by atoms with Crippen LogP contribution in [0.25, 0.3) is 0 Å². The van der Waals surface area contributed by atoms with Crippen LogP contribution in [0.4, 0.5) is 11.4 Å². The second-order valence-electron chi connectivity index (χ2n) is 5.11. The number of nitrogens with zero attached hydrogens (tertiary/aromatic N) is 2. The molecule has 0 radical (unpaired) electrons. The number of nitro benzene ring substituents is 1. The van der Waals surface area contributed by atoms with Gasteiger partial charge in [0.2, 0.25) is 0 Å². The van der Waals surface area contributed by atoms with E-state index in [9.17, 15) is 10.1 Å². The number of anilines is 1. The van der Waals surface area contributed by atoms with Crippen LogP contribution < -0.4 is 4.90 Å². The number of halogens is 1. The van der Waals surface area contributed by atoms with Crippen molar-refractivity contribution in [1.82, 2.24) is 0 Å². The predicted molar refractivity (Wildman–Crippen MR) is 78.0 cm³/mol. The molecule has 0 bridgehead atoms. The molecule has 0 amide bonds. The molecule has 0 unspecified atom stereocenters. The minimum atomic E-state index is -0.445. The third kappa shape index (κ3) is 3.38. The average Bonchev–Trinajstić information content (AvgIpc) is 2.39. The standard InChI is InChI=1S/C14H19ClN2O2/c1-2-3-11-6-8-16(9-7-11)12-4-5-14(17(18)19)13(15)10-12/h4-5,10-11H,2-3,6-9H2,1H3. The molecule has 1 fully saturated rings. The predicted octanol–water partition coefficient (Wildman–Crippen LogP) is 4.26. The number of piperidine rings is 1. The van der Waals surface area contributed by atoms with E-state index in [2.05, 4.69) is 11.8 Å².